The van der Waals surface area contributed by atoms with Crippen LogP contribution in [-0.4, -0.2) is 52.6 Å². The molecule has 0 bridgehead atoms. The van der Waals surface area contributed by atoms with E-state index in [4.69, 9.17) is 14.2 Å². The first-order valence-electron chi connectivity index (χ1n) is 9.42. The molecule has 0 aliphatic heterocycles. The first-order valence-corrected chi connectivity index (χ1v) is 10.9. The summed E-state index contributed by atoms with van der Waals surface area (Å²) in [5.74, 6) is 0.696. The van der Waals surface area contributed by atoms with Crippen LogP contribution in [0.2, 0.25) is 0 Å². The minimum absolute atomic E-state index is 0.0735. The molecule has 156 valence electrons. The quantitative estimate of drug-likeness (QED) is 0.459. The van der Waals surface area contributed by atoms with Crippen LogP contribution in [0.1, 0.15) is 17.5 Å². The average Bonchev–Trinajstić information content (AvgIpc) is 3.18. The maximum Gasteiger partial charge on any atom is 0.344 e. The highest BCUT2D eigenvalue weighted by molar-refractivity contribution is 7.89. The Balaban J connectivity index is 1.37. The van der Waals surface area contributed by atoms with Crippen LogP contribution in [0.25, 0.3) is 0 Å². The van der Waals surface area contributed by atoms with Gasteiger partial charge in [-0.1, -0.05) is 6.07 Å². The lowest BCUT2D eigenvalue weighted by Gasteiger charge is -2.12. The van der Waals surface area contributed by atoms with Crippen LogP contribution >= 0.6 is 0 Å². The second kappa shape index (κ2) is 9.28. The summed E-state index contributed by atoms with van der Waals surface area (Å²) in [6.45, 7) is 0.0738. The summed E-state index contributed by atoms with van der Waals surface area (Å²) >= 11 is 0. The Morgan fingerprint density at radius 1 is 0.931 bits per heavy atom. The predicted molar refractivity (Wildman–Crippen MR) is 108 cm³/mol. The molecule has 0 spiro atoms. The van der Waals surface area contributed by atoms with E-state index in [2.05, 4.69) is 0 Å². The van der Waals surface area contributed by atoms with Gasteiger partial charge in [-0.05, 0) is 66.8 Å². The largest absolute Gasteiger partial charge is 0.490 e. The Morgan fingerprint density at radius 2 is 1.62 bits per heavy atom. The van der Waals surface area contributed by atoms with E-state index in [1.165, 1.54) is 37.4 Å². The molecule has 3 rings (SSSR count). The summed E-state index contributed by atoms with van der Waals surface area (Å²) in [6.07, 6.45) is 3.32. The zero-order valence-corrected chi connectivity index (χ0v) is 17.4. The molecule has 0 saturated heterocycles. The maximum atomic E-state index is 12.0. The lowest BCUT2D eigenvalue weighted by Crippen LogP contribution is -2.22. The number of fused-ring (bicyclic) bond motifs is 1. The fourth-order valence-corrected chi connectivity index (χ4v) is 3.96. The summed E-state index contributed by atoms with van der Waals surface area (Å²) in [4.78, 5) is 12.0. The van der Waals surface area contributed by atoms with Crippen LogP contribution in [0.4, 0.5) is 0 Å². The molecule has 29 heavy (non-hydrogen) atoms. The van der Waals surface area contributed by atoms with Crippen LogP contribution in [0.3, 0.4) is 0 Å². The fraction of sp³-hybridized carbons (Fsp3) is 0.381. The summed E-state index contributed by atoms with van der Waals surface area (Å²) < 4.78 is 41.2. The molecule has 0 atom stereocenters. The van der Waals surface area contributed by atoms with Crippen molar-refractivity contribution < 1.29 is 27.4 Å². The third kappa shape index (κ3) is 5.48. The Bertz CT molecular complexity index is 954. The van der Waals surface area contributed by atoms with Gasteiger partial charge in [0.05, 0.1) is 4.90 Å². The lowest BCUT2D eigenvalue weighted by atomic mass is 10.1. The van der Waals surface area contributed by atoms with E-state index in [1.54, 1.807) is 12.1 Å². The highest BCUT2D eigenvalue weighted by atomic mass is 32.2. The molecule has 8 heteroatoms. The molecular weight excluding hydrogens is 394 g/mol. The molecule has 0 radical (unpaired) electrons. The van der Waals surface area contributed by atoms with Gasteiger partial charge in [-0.25, -0.2) is 17.5 Å². The van der Waals surface area contributed by atoms with Gasteiger partial charge in [-0.3, -0.25) is 0 Å². The number of carbonyl (C=O) groups excluding carboxylic acids is 1. The lowest BCUT2D eigenvalue weighted by molar-refractivity contribution is -0.146. The predicted octanol–water partition coefficient (Wildman–Crippen LogP) is 2.43. The van der Waals surface area contributed by atoms with Crippen LogP contribution in [0.5, 0.6) is 11.5 Å². The van der Waals surface area contributed by atoms with Crippen molar-refractivity contribution in [2.24, 2.45) is 0 Å². The number of esters is 1. The molecule has 0 amide bonds. The molecule has 0 unspecified atom stereocenters. The molecule has 0 fully saturated rings. The van der Waals surface area contributed by atoms with Crippen molar-refractivity contribution in [3.63, 3.8) is 0 Å². The van der Waals surface area contributed by atoms with Crippen molar-refractivity contribution in [2.45, 2.75) is 24.2 Å². The van der Waals surface area contributed by atoms with E-state index >= 15 is 0 Å². The second-order valence-corrected chi connectivity index (χ2v) is 9.05. The van der Waals surface area contributed by atoms with Gasteiger partial charge >= 0.3 is 5.97 Å². The number of hydrogen-bond donors (Lipinski definition) is 0. The van der Waals surface area contributed by atoms with Gasteiger partial charge in [-0.2, -0.15) is 0 Å². The maximum absolute atomic E-state index is 12.0. The Kier molecular flexibility index (Phi) is 6.76. The normalized spacial score (nSPS) is 13.2. The standard InChI is InChI=1S/C21H25NO6S/c1-22(2)29(24,25)20-10-8-18(9-11-20)26-12-13-27-21(23)15-28-19-7-6-16-4-3-5-17(16)14-19/h6-11,14H,3-5,12-13,15H2,1-2H3. The number of carbonyl (C=O) groups is 1. The Labute approximate surface area is 171 Å². The molecule has 0 saturated carbocycles. The summed E-state index contributed by atoms with van der Waals surface area (Å²) in [7, 11) is -0.520. The van der Waals surface area contributed by atoms with E-state index in [1.807, 2.05) is 18.2 Å². The van der Waals surface area contributed by atoms with Crippen molar-refractivity contribution in [1.29, 1.82) is 0 Å². The molecule has 7 nitrogen and oxygen atoms in total. The topological polar surface area (TPSA) is 82.1 Å². The first kappa shape index (κ1) is 21.1. The number of sulfonamides is 1. The number of rotatable bonds is 9. The zero-order chi connectivity index (χ0) is 20.9. The summed E-state index contributed by atoms with van der Waals surface area (Å²) in [5, 5.41) is 0. The zero-order valence-electron chi connectivity index (χ0n) is 16.6. The van der Waals surface area contributed by atoms with Crippen molar-refractivity contribution in [1.82, 2.24) is 4.31 Å². The Morgan fingerprint density at radius 3 is 2.34 bits per heavy atom. The monoisotopic (exact) mass is 419 g/mol. The van der Waals surface area contributed by atoms with Crippen molar-refractivity contribution >= 4 is 16.0 Å². The van der Waals surface area contributed by atoms with Crippen molar-refractivity contribution in [3.8, 4) is 11.5 Å². The highest BCUT2D eigenvalue weighted by Gasteiger charge is 2.16. The van der Waals surface area contributed by atoms with Crippen LogP contribution < -0.4 is 9.47 Å². The van der Waals surface area contributed by atoms with Crippen molar-refractivity contribution in [3.05, 3.63) is 53.6 Å². The number of aryl methyl sites for hydroxylation is 2. The van der Waals surface area contributed by atoms with E-state index in [9.17, 15) is 13.2 Å². The van der Waals surface area contributed by atoms with E-state index < -0.39 is 16.0 Å². The second-order valence-electron chi connectivity index (χ2n) is 6.90. The minimum atomic E-state index is -3.47. The van der Waals surface area contributed by atoms with Gasteiger partial charge in [0, 0.05) is 14.1 Å². The van der Waals surface area contributed by atoms with E-state index in [-0.39, 0.29) is 24.7 Å². The molecule has 0 aromatic heterocycles. The van der Waals surface area contributed by atoms with Crippen molar-refractivity contribution in [2.75, 3.05) is 33.9 Å². The molecule has 0 heterocycles. The fourth-order valence-electron chi connectivity index (χ4n) is 3.06. The van der Waals surface area contributed by atoms with Crippen LogP contribution in [0, 0.1) is 0 Å². The highest BCUT2D eigenvalue weighted by Crippen LogP contribution is 2.26. The van der Waals surface area contributed by atoms with Gasteiger partial charge in [0.1, 0.15) is 24.7 Å². The minimum Gasteiger partial charge on any atom is -0.490 e. The van der Waals surface area contributed by atoms with Gasteiger partial charge in [-0.15, -0.1) is 0 Å². The molecule has 1 aliphatic carbocycles. The van der Waals surface area contributed by atoms with Gasteiger partial charge in [0.15, 0.2) is 6.61 Å². The van der Waals surface area contributed by atoms with Gasteiger partial charge in [0.2, 0.25) is 10.0 Å². The number of ether oxygens (including phenoxy) is 3. The Hall–Kier alpha value is -2.58. The summed E-state index contributed by atoms with van der Waals surface area (Å²) in [6, 6.07) is 12.0. The third-order valence-corrected chi connectivity index (χ3v) is 6.47. The smallest absolute Gasteiger partial charge is 0.344 e. The van der Waals surface area contributed by atoms with E-state index in [0.717, 1.165) is 23.6 Å². The van der Waals surface area contributed by atoms with Crippen LogP contribution in [-0.2, 0) is 32.4 Å². The van der Waals surface area contributed by atoms with Gasteiger partial charge in [0.25, 0.3) is 0 Å². The van der Waals surface area contributed by atoms with Gasteiger partial charge < -0.3 is 14.2 Å². The average molecular weight is 419 g/mol. The molecule has 2 aromatic carbocycles. The third-order valence-electron chi connectivity index (χ3n) is 4.64. The summed E-state index contributed by atoms with van der Waals surface area (Å²) in [5.41, 5.74) is 2.64. The molecule has 0 N–H and O–H groups in total. The van der Waals surface area contributed by atoms with E-state index in [0.29, 0.717) is 11.5 Å². The number of benzene rings is 2. The SMILES string of the molecule is CN(C)S(=O)(=O)c1ccc(OCCOC(=O)COc2ccc3c(c2)CCC3)cc1. The molecule has 2 aromatic rings. The number of hydrogen-bond acceptors (Lipinski definition) is 6. The molecular formula is C21H25NO6S. The molecule has 1 aliphatic rings. The van der Waals surface area contributed by atoms with Crippen LogP contribution in [0.15, 0.2) is 47.4 Å². The number of nitrogens with zero attached hydrogens (tertiary/aromatic N) is 1. The first-order chi connectivity index (χ1) is 13.9.